The van der Waals surface area contributed by atoms with Crippen LogP contribution >= 0.6 is 0 Å². The van der Waals surface area contributed by atoms with Crippen LogP contribution < -0.4 is 11.5 Å². The van der Waals surface area contributed by atoms with Crippen molar-refractivity contribution in [3.8, 4) is 0 Å². The lowest BCUT2D eigenvalue weighted by Gasteiger charge is -2.00. The van der Waals surface area contributed by atoms with Crippen molar-refractivity contribution in [1.29, 1.82) is 0 Å². The summed E-state index contributed by atoms with van der Waals surface area (Å²) in [6.45, 7) is 26.0. The largest absolute Gasteiger partial charge is 0.388 e. The van der Waals surface area contributed by atoms with Crippen LogP contribution in [0.25, 0.3) is 0 Å². The first-order valence-electron chi connectivity index (χ1n) is 13.4. The van der Waals surface area contributed by atoms with Gasteiger partial charge in [-0.25, -0.2) is 0 Å². The molecule has 0 fully saturated rings. The lowest BCUT2D eigenvalue weighted by molar-refractivity contribution is 0.541. The van der Waals surface area contributed by atoms with Crippen LogP contribution in [0.3, 0.4) is 0 Å². The number of amidine groups is 1. The summed E-state index contributed by atoms with van der Waals surface area (Å²) in [5, 5.41) is 0. The first-order valence-corrected chi connectivity index (χ1v) is 13.4. The average molecular weight is 444 g/mol. The van der Waals surface area contributed by atoms with Gasteiger partial charge in [-0.15, -0.1) is 0 Å². The molecule has 0 amide bonds. The highest BCUT2D eigenvalue weighted by molar-refractivity contribution is 5.77. The van der Waals surface area contributed by atoms with Crippen molar-refractivity contribution < 1.29 is 0 Å². The third kappa shape index (κ3) is 65.2. The van der Waals surface area contributed by atoms with Gasteiger partial charge < -0.3 is 11.5 Å². The van der Waals surface area contributed by atoms with Gasteiger partial charge in [0.05, 0.1) is 5.84 Å². The fourth-order valence-corrected chi connectivity index (χ4v) is 2.64. The Morgan fingerprint density at radius 1 is 0.613 bits per heavy atom. The van der Waals surface area contributed by atoms with Crippen LogP contribution in [0.2, 0.25) is 0 Å². The highest BCUT2D eigenvalue weighted by Gasteiger charge is 1.92. The first-order chi connectivity index (χ1) is 14.4. The standard InChI is InChI=1S/C8H18N2.C7H17N.C7H16.C6H14/c1-7(2)5-4-6-10-8(3)9;1-7(2)5-3-4-6-8;1-4-5-6-7(2)3;1-4-5-6(2)3/h7H,4-6H2,1-3H3,(H2,9,10);7H,3-6,8H2,1-2H3;7H,4-6H2,1-3H3;6H,4-5H2,1-3H3. The number of rotatable bonds is 13. The molecule has 0 aromatic rings. The van der Waals surface area contributed by atoms with Gasteiger partial charge in [-0.05, 0) is 56.4 Å². The van der Waals surface area contributed by atoms with Gasteiger partial charge in [0.25, 0.3) is 0 Å². The molecule has 192 valence electrons. The Labute approximate surface area is 199 Å². The summed E-state index contributed by atoms with van der Waals surface area (Å²) in [6.07, 6.45) is 13.1. The summed E-state index contributed by atoms with van der Waals surface area (Å²) >= 11 is 0. The second kappa shape index (κ2) is 31.6. The van der Waals surface area contributed by atoms with Crippen molar-refractivity contribution >= 4 is 5.84 Å². The predicted octanol–water partition coefficient (Wildman–Crippen LogP) is 8.85. The van der Waals surface area contributed by atoms with Crippen molar-refractivity contribution in [1.82, 2.24) is 0 Å². The fourth-order valence-electron chi connectivity index (χ4n) is 2.64. The van der Waals surface area contributed by atoms with Crippen molar-refractivity contribution in [3.63, 3.8) is 0 Å². The van der Waals surface area contributed by atoms with Crippen molar-refractivity contribution in [2.75, 3.05) is 13.1 Å². The van der Waals surface area contributed by atoms with Gasteiger partial charge in [0.2, 0.25) is 0 Å². The van der Waals surface area contributed by atoms with E-state index in [4.69, 9.17) is 11.5 Å². The molecule has 0 atom stereocenters. The SMILES string of the molecule is CC(C)CCCCN.CC(N)=NCCCC(C)C.CCCC(C)C.CCCCC(C)C. The molecule has 0 heterocycles. The molecule has 0 unspecified atom stereocenters. The second-order valence-electron chi connectivity index (χ2n) is 10.5. The molecule has 0 aliphatic heterocycles. The van der Waals surface area contributed by atoms with Gasteiger partial charge in [-0.2, -0.15) is 0 Å². The normalized spacial score (nSPS) is 11.0. The lowest BCUT2D eigenvalue weighted by Crippen LogP contribution is -2.06. The molecule has 3 nitrogen and oxygen atoms in total. The maximum Gasteiger partial charge on any atom is 0.0905 e. The van der Waals surface area contributed by atoms with Crippen molar-refractivity contribution in [3.05, 3.63) is 0 Å². The molecule has 0 aromatic heterocycles. The molecule has 0 aliphatic carbocycles. The summed E-state index contributed by atoms with van der Waals surface area (Å²) in [6, 6.07) is 0. The lowest BCUT2D eigenvalue weighted by atomic mass is 10.1. The van der Waals surface area contributed by atoms with E-state index in [1.165, 1.54) is 57.8 Å². The molecule has 0 radical (unpaired) electrons. The third-order valence-corrected chi connectivity index (χ3v) is 4.54. The van der Waals surface area contributed by atoms with E-state index in [9.17, 15) is 0 Å². The Morgan fingerprint density at radius 2 is 1.03 bits per heavy atom. The quantitative estimate of drug-likeness (QED) is 0.169. The number of nitrogens with two attached hydrogens (primary N) is 2. The highest BCUT2D eigenvalue weighted by atomic mass is 14.8. The molecule has 31 heavy (non-hydrogen) atoms. The van der Waals surface area contributed by atoms with Gasteiger partial charge in [-0.3, -0.25) is 4.99 Å². The van der Waals surface area contributed by atoms with E-state index < -0.39 is 0 Å². The van der Waals surface area contributed by atoms with Crippen LogP contribution in [0, 0.1) is 23.7 Å². The molecule has 0 spiro atoms. The molecule has 0 saturated heterocycles. The van der Waals surface area contributed by atoms with Crippen LogP contribution in [-0.2, 0) is 0 Å². The Kier molecular flexibility index (Phi) is 38.5. The maximum absolute atomic E-state index is 5.36. The minimum absolute atomic E-state index is 0.698. The van der Waals surface area contributed by atoms with Gasteiger partial charge >= 0.3 is 0 Å². The van der Waals surface area contributed by atoms with E-state index in [-0.39, 0.29) is 0 Å². The Morgan fingerprint density at radius 3 is 1.29 bits per heavy atom. The second-order valence-corrected chi connectivity index (χ2v) is 10.5. The van der Waals surface area contributed by atoms with E-state index in [1.807, 2.05) is 6.92 Å². The van der Waals surface area contributed by atoms with E-state index in [1.54, 1.807) is 0 Å². The van der Waals surface area contributed by atoms with E-state index >= 15 is 0 Å². The van der Waals surface area contributed by atoms with E-state index in [2.05, 4.69) is 74.2 Å². The number of hydrogen-bond acceptors (Lipinski definition) is 2. The Hall–Kier alpha value is -0.570. The number of nitrogens with zero attached hydrogens (tertiary/aromatic N) is 1. The molecular formula is C28H65N3. The summed E-state index contributed by atoms with van der Waals surface area (Å²) in [5.41, 5.74) is 10.7. The smallest absolute Gasteiger partial charge is 0.0905 e. The highest BCUT2D eigenvalue weighted by Crippen LogP contribution is 2.05. The van der Waals surface area contributed by atoms with E-state index in [0.717, 1.165) is 43.2 Å². The molecular weight excluding hydrogens is 378 g/mol. The molecule has 0 aromatic carbocycles. The van der Waals surface area contributed by atoms with Gasteiger partial charge in [-0.1, -0.05) is 114 Å². The Balaban J connectivity index is -0.000000160. The van der Waals surface area contributed by atoms with Crippen LogP contribution in [0.15, 0.2) is 4.99 Å². The molecule has 0 saturated carbocycles. The van der Waals surface area contributed by atoms with Gasteiger partial charge in [0, 0.05) is 6.54 Å². The number of aliphatic imine (C=N–C) groups is 1. The van der Waals surface area contributed by atoms with Crippen LogP contribution in [0.4, 0.5) is 0 Å². The maximum atomic E-state index is 5.36. The van der Waals surface area contributed by atoms with Crippen LogP contribution in [-0.4, -0.2) is 18.9 Å². The fraction of sp³-hybridized carbons (Fsp3) is 0.964. The number of unbranched alkanes of at least 4 members (excludes halogenated alkanes) is 2. The zero-order chi connectivity index (χ0) is 25.1. The summed E-state index contributed by atoms with van der Waals surface area (Å²) in [4.78, 5) is 4.09. The van der Waals surface area contributed by atoms with Crippen LogP contribution in [0.5, 0.6) is 0 Å². The number of hydrogen-bond donors (Lipinski definition) is 2. The van der Waals surface area contributed by atoms with Crippen LogP contribution in [0.1, 0.15) is 140 Å². The molecule has 3 heteroatoms. The van der Waals surface area contributed by atoms with Gasteiger partial charge in [0.1, 0.15) is 0 Å². The predicted molar refractivity (Wildman–Crippen MR) is 148 cm³/mol. The molecule has 0 rings (SSSR count). The average Bonchev–Trinajstić information content (AvgIpc) is 2.64. The van der Waals surface area contributed by atoms with E-state index in [0.29, 0.717) is 5.84 Å². The molecule has 0 bridgehead atoms. The van der Waals surface area contributed by atoms with Crippen molar-refractivity contribution in [2.24, 2.45) is 40.1 Å². The van der Waals surface area contributed by atoms with Crippen molar-refractivity contribution in [2.45, 2.75) is 140 Å². The minimum Gasteiger partial charge on any atom is -0.388 e. The molecule has 0 aliphatic rings. The zero-order valence-corrected chi connectivity index (χ0v) is 23.9. The van der Waals surface area contributed by atoms with Gasteiger partial charge in [0.15, 0.2) is 0 Å². The zero-order valence-electron chi connectivity index (χ0n) is 23.9. The topological polar surface area (TPSA) is 64.4 Å². The monoisotopic (exact) mass is 444 g/mol. The first kappa shape index (κ1) is 37.7. The minimum atomic E-state index is 0.698. The summed E-state index contributed by atoms with van der Waals surface area (Å²) < 4.78 is 0. The third-order valence-electron chi connectivity index (χ3n) is 4.54. The summed E-state index contributed by atoms with van der Waals surface area (Å²) in [7, 11) is 0. The molecule has 4 N–H and O–H groups in total. The summed E-state index contributed by atoms with van der Waals surface area (Å²) in [5.74, 6) is 4.13. The Bertz CT molecular complexity index is 316.